The lowest BCUT2D eigenvalue weighted by atomic mass is 10.1. The van der Waals surface area contributed by atoms with Gasteiger partial charge in [-0.1, -0.05) is 0 Å². The van der Waals surface area contributed by atoms with E-state index in [0.29, 0.717) is 6.26 Å². The molecule has 10 heteroatoms. The van der Waals surface area contributed by atoms with Crippen LogP contribution in [0.2, 0.25) is 0 Å². The van der Waals surface area contributed by atoms with Crippen LogP contribution in [0.1, 0.15) is 0 Å². The van der Waals surface area contributed by atoms with Crippen molar-refractivity contribution >= 4 is 10.0 Å². The molecule has 0 bridgehead atoms. The Kier molecular flexibility index (Phi) is 4.05. The van der Waals surface area contributed by atoms with Crippen LogP contribution in [0, 0.1) is 0 Å². The second-order valence-electron chi connectivity index (χ2n) is 2.80. The van der Waals surface area contributed by atoms with Crippen molar-refractivity contribution in [3.63, 3.8) is 0 Å². The molecule has 0 fully saturated rings. The quantitative estimate of drug-likeness (QED) is 0.699. The van der Waals surface area contributed by atoms with E-state index in [1.807, 2.05) is 0 Å². The van der Waals surface area contributed by atoms with Gasteiger partial charge in [-0.3, -0.25) is 0 Å². The summed E-state index contributed by atoms with van der Waals surface area (Å²) in [6.07, 6.45) is -5.39. The molecular weight excluding hydrogens is 247 g/mol. The third kappa shape index (κ3) is 3.87. The summed E-state index contributed by atoms with van der Waals surface area (Å²) in [4.78, 5) is 0. The number of nitrogens with one attached hydrogen (secondary N) is 1. The van der Waals surface area contributed by atoms with Crippen LogP contribution in [0.4, 0.5) is 22.0 Å². The van der Waals surface area contributed by atoms with Crippen molar-refractivity contribution in [2.45, 2.75) is 18.1 Å². The van der Waals surface area contributed by atoms with E-state index in [0.717, 1.165) is 4.72 Å². The van der Waals surface area contributed by atoms with Crippen molar-refractivity contribution in [1.29, 1.82) is 0 Å². The smallest absolute Gasteiger partial charge is 0.329 e. The molecular formula is C5H9F5N2O2S. The largest absolute Gasteiger partial charge is 0.455 e. The molecule has 92 valence electrons. The Morgan fingerprint density at radius 1 is 1.27 bits per heavy atom. The molecule has 0 heterocycles. The fourth-order valence-electron chi connectivity index (χ4n) is 0.726. The Balaban J connectivity index is 4.98. The van der Waals surface area contributed by atoms with E-state index in [9.17, 15) is 30.4 Å². The topological polar surface area (TPSA) is 72.2 Å². The van der Waals surface area contributed by atoms with Crippen molar-refractivity contribution in [3.05, 3.63) is 0 Å². The number of hydrogen-bond donors (Lipinski definition) is 2. The second kappa shape index (κ2) is 4.18. The lowest BCUT2D eigenvalue weighted by molar-refractivity contribution is -0.290. The Labute approximate surface area is 82.7 Å². The molecule has 0 spiro atoms. The number of alkyl halides is 5. The summed E-state index contributed by atoms with van der Waals surface area (Å²) in [6, 6.07) is -2.70. The number of sulfonamides is 1. The maximum absolute atomic E-state index is 12.6. The van der Waals surface area contributed by atoms with Gasteiger partial charge in [0.05, 0.1) is 6.26 Å². The fraction of sp³-hybridized carbons (Fsp3) is 1.00. The van der Waals surface area contributed by atoms with Crippen molar-refractivity contribution in [2.24, 2.45) is 5.73 Å². The van der Waals surface area contributed by atoms with Crippen LogP contribution in [0.5, 0.6) is 0 Å². The summed E-state index contributed by atoms with van der Waals surface area (Å²) in [6.45, 7) is -1.17. The zero-order chi connectivity index (χ0) is 12.5. The highest BCUT2D eigenvalue weighted by atomic mass is 32.2. The van der Waals surface area contributed by atoms with E-state index in [-0.39, 0.29) is 0 Å². The van der Waals surface area contributed by atoms with Crippen LogP contribution in [-0.2, 0) is 10.0 Å². The van der Waals surface area contributed by atoms with E-state index in [1.54, 1.807) is 0 Å². The first-order chi connectivity index (χ1) is 6.42. The number of hydrogen-bond acceptors (Lipinski definition) is 3. The van der Waals surface area contributed by atoms with Gasteiger partial charge in [-0.05, 0) is 0 Å². The maximum atomic E-state index is 12.6. The van der Waals surface area contributed by atoms with Crippen LogP contribution in [0.25, 0.3) is 0 Å². The minimum atomic E-state index is -5.85. The molecule has 0 rings (SSSR count). The summed E-state index contributed by atoms with van der Waals surface area (Å²) in [5.74, 6) is -5.20. The average molecular weight is 256 g/mol. The van der Waals surface area contributed by atoms with E-state index in [2.05, 4.69) is 5.73 Å². The highest BCUT2D eigenvalue weighted by Crippen LogP contribution is 2.37. The van der Waals surface area contributed by atoms with Crippen molar-refractivity contribution in [1.82, 2.24) is 4.72 Å². The third-order valence-electron chi connectivity index (χ3n) is 1.41. The molecule has 0 aliphatic carbocycles. The molecule has 0 aromatic carbocycles. The zero-order valence-electron chi connectivity index (χ0n) is 7.48. The molecule has 0 aliphatic rings. The lowest BCUT2D eigenvalue weighted by Crippen LogP contribution is -2.58. The van der Waals surface area contributed by atoms with Crippen LogP contribution < -0.4 is 10.5 Å². The lowest BCUT2D eigenvalue weighted by Gasteiger charge is -2.27. The first kappa shape index (κ1) is 14.5. The molecule has 1 unspecified atom stereocenters. The molecule has 0 aliphatic heterocycles. The molecule has 1 atom stereocenters. The Bertz CT molecular complexity index is 312. The first-order valence-corrected chi connectivity index (χ1v) is 5.43. The Morgan fingerprint density at radius 2 is 1.67 bits per heavy atom. The molecule has 0 amide bonds. The number of nitrogens with two attached hydrogens (primary N) is 1. The Hall–Kier alpha value is -0.480. The number of rotatable bonds is 4. The van der Waals surface area contributed by atoms with Crippen LogP contribution >= 0.6 is 0 Å². The van der Waals surface area contributed by atoms with Gasteiger partial charge in [-0.25, -0.2) is 13.1 Å². The highest BCUT2D eigenvalue weighted by molar-refractivity contribution is 7.88. The predicted molar refractivity (Wildman–Crippen MR) is 41.8 cm³/mol. The summed E-state index contributed by atoms with van der Waals surface area (Å²) < 4.78 is 82.7. The van der Waals surface area contributed by atoms with Gasteiger partial charge in [0.2, 0.25) is 10.0 Å². The molecule has 3 N–H and O–H groups in total. The second-order valence-corrected chi connectivity index (χ2v) is 4.58. The number of halogens is 5. The van der Waals surface area contributed by atoms with E-state index >= 15 is 0 Å². The van der Waals surface area contributed by atoms with Gasteiger partial charge in [0.15, 0.2) is 0 Å². The van der Waals surface area contributed by atoms with Crippen LogP contribution in [0.15, 0.2) is 0 Å². The molecule has 0 aromatic rings. The van der Waals surface area contributed by atoms with Gasteiger partial charge in [0.25, 0.3) is 0 Å². The highest BCUT2D eigenvalue weighted by Gasteiger charge is 2.62. The van der Waals surface area contributed by atoms with E-state index in [1.165, 1.54) is 0 Å². The first-order valence-electron chi connectivity index (χ1n) is 3.53. The maximum Gasteiger partial charge on any atom is 0.455 e. The molecule has 15 heavy (non-hydrogen) atoms. The van der Waals surface area contributed by atoms with Crippen molar-refractivity contribution < 1.29 is 30.4 Å². The zero-order valence-corrected chi connectivity index (χ0v) is 8.29. The van der Waals surface area contributed by atoms with E-state index in [4.69, 9.17) is 0 Å². The molecule has 0 aromatic heterocycles. The van der Waals surface area contributed by atoms with Gasteiger partial charge in [-0.2, -0.15) is 22.0 Å². The Morgan fingerprint density at radius 3 is 1.87 bits per heavy atom. The predicted octanol–water partition coefficient (Wildman–Crippen LogP) is 0.0605. The molecule has 0 saturated carbocycles. The summed E-state index contributed by atoms with van der Waals surface area (Å²) in [5.41, 5.74) is 4.66. The van der Waals surface area contributed by atoms with Gasteiger partial charge in [0, 0.05) is 6.54 Å². The summed E-state index contributed by atoms with van der Waals surface area (Å²) in [7, 11) is -4.19. The minimum absolute atomic E-state index is 0.460. The third-order valence-corrected chi connectivity index (χ3v) is 2.12. The summed E-state index contributed by atoms with van der Waals surface area (Å²) in [5, 5.41) is 0. The van der Waals surface area contributed by atoms with Gasteiger partial charge in [-0.15, -0.1) is 0 Å². The van der Waals surface area contributed by atoms with Crippen molar-refractivity contribution in [3.8, 4) is 0 Å². The molecule has 0 saturated heterocycles. The van der Waals surface area contributed by atoms with Gasteiger partial charge >= 0.3 is 12.1 Å². The van der Waals surface area contributed by atoms with E-state index < -0.39 is 34.7 Å². The van der Waals surface area contributed by atoms with Crippen LogP contribution in [0.3, 0.4) is 0 Å². The molecule has 0 radical (unpaired) electrons. The van der Waals surface area contributed by atoms with Crippen LogP contribution in [-0.4, -0.2) is 39.4 Å². The minimum Gasteiger partial charge on any atom is -0.329 e. The van der Waals surface area contributed by atoms with Crippen molar-refractivity contribution in [2.75, 3.05) is 12.8 Å². The standard InChI is InChI=1S/C5H9F5N2O2S/c1-15(13,14)12-3(2-11)4(6,7)5(8,9)10/h3,12H,2,11H2,1H3. The fourth-order valence-corrected chi connectivity index (χ4v) is 1.49. The van der Waals surface area contributed by atoms with Gasteiger partial charge in [0.1, 0.15) is 6.04 Å². The summed E-state index contributed by atoms with van der Waals surface area (Å²) >= 11 is 0. The average Bonchev–Trinajstić information content (AvgIpc) is 1.95. The van der Waals surface area contributed by atoms with Gasteiger partial charge < -0.3 is 5.73 Å². The normalized spacial score (nSPS) is 16.5. The molecule has 4 nitrogen and oxygen atoms in total. The monoisotopic (exact) mass is 256 g/mol. The SMILES string of the molecule is CS(=O)(=O)NC(CN)C(F)(F)C(F)(F)F.